The predicted octanol–water partition coefficient (Wildman–Crippen LogP) is 5.05. The van der Waals surface area contributed by atoms with Gasteiger partial charge in [-0.3, -0.25) is 4.79 Å². The molecule has 0 saturated heterocycles. The zero-order chi connectivity index (χ0) is 15.8. The van der Waals surface area contributed by atoms with Gasteiger partial charge in [0, 0.05) is 11.6 Å². The third-order valence-electron chi connectivity index (χ3n) is 3.87. The average molecular weight is 295 g/mol. The minimum Gasteiger partial charge on any atom is -0.350 e. The quantitative estimate of drug-likeness (QED) is 0.711. The predicted molar refractivity (Wildman–Crippen MR) is 92.9 cm³/mol. The molecule has 2 aromatic carbocycles. The van der Waals surface area contributed by atoms with Gasteiger partial charge < -0.3 is 5.32 Å². The van der Waals surface area contributed by atoms with Gasteiger partial charge in [0.1, 0.15) is 0 Å². The van der Waals surface area contributed by atoms with Gasteiger partial charge in [-0.1, -0.05) is 68.7 Å². The Morgan fingerprint density at radius 1 is 0.955 bits per heavy atom. The van der Waals surface area contributed by atoms with E-state index in [0.717, 1.165) is 17.5 Å². The molecule has 0 bridgehead atoms. The molecule has 22 heavy (non-hydrogen) atoms. The molecule has 0 radical (unpaired) electrons. The smallest absolute Gasteiger partial charge is 0.251 e. The van der Waals surface area contributed by atoms with Gasteiger partial charge in [0.2, 0.25) is 0 Å². The van der Waals surface area contributed by atoms with Crippen molar-refractivity contribution in [2.45, 2.75) is 45.6 Å². The first kappa shape index (κ1) is 16.3. The maximum Gasteiger partial charge on any atom is 0.251 e. The molecule has 2 aromatic rings. The molecule has 0 aliphatic rings. The SMILES string of the molecule is CCCCC[C@H](C)NC(=O)c1ccc(-c2ccccc2)cc1. The van der Waals surface area contributed by atoms with E-state index in [0.29, 0.717) is 0 Å². The van der Waals surface area contributed by atoms with Gasteiger partial charge >= 0.3 is 0 Å². The molecule has 1 amide bonds. The first-order valence-corrected chi connectivity index (χ1v) is 8.17. The highest BCUT2D eigenvalue weighted by Crippen LogP contribution is 2.19. The first-order valence-electron chi connectivity index (χ1n) is 8.17. The minimum atomic E-state index is 0.0172. The lowest BCUT2D eigenvalue weighted by Gasteiger charge is -2.14. The maximum atomic E-state index is 12.2. The fourth-order valence-electron chi connectivity index (χ4n) is 2.52. The summed E-state index contributed by atoms with van der Waals surface area (Å²) >= 11 is 0. The van der Waals surface area contributed by atoms with Gasteiger partial charge in [-0.25, -0.2) is 0 Å². The van der Waals surface area contributed by atoms with Crippen LogP contribution in [-0.2, 0) is 0 Å². The Morgan fingerprint density at radius 2 is 1.59 bits per heavy atom. The lowest BCUT2D eigenvalue weighted by atomic mass is 10.0. The highest BCUT2D eigenvalue weighted by molar-refractivity contribution is 5.94. The summed E-state index contributed by atoms with van der Waals surface area (Å²) in [5, 5.41) is 3.08. The lowest BCUT2D eigenvalue weighted by Crippen LogP contribution is -2.32. The van der Waals surface area contributed by atoms with E-state index in [1.165, 1.54) is 24.8 Å². The topological polar surface area (TPSA) is 29.1 Å². The molecule has 0 aromatic heterocycles. The number of rotatable bonds is 7. The van der Waals surface area contributed by atoms with E-state index in [-0.39, 0.29) is 11.9 Å². The molecule has 0 aliphatic carbocycles. The summed E-state index contributed by atoms with van der Waals surface area (Å²) in [7, 11) is 0. The van der Waals surface area contributed by atoms with Gasteiger partial charge in [-0.2, -0.15) is 0 Å². The van der Waals surface area contributed by atoms with Gasteiger partial charge in [-0.05, 0) is 36.6 Å². The summed E-state index contributed by atoms with van der Waals surface area (Å²) in [4.78, 5) is 12.2. The molecule has 2 rings (SSSR count). The van der Waals surface area contributed by atoms with Crippen molar-refractivity contribution in [2.24, 2.45) is 0 Å². The summed E-state index contributed by atoms with van der Waals surface area (Å²) in [5.74, 6) is 0.0172. The number of carbonyl (C=O) groups excluding carboxylic acids is 1. The maximum absolute atomic E-state index is 12.2. The van der Waals surface area contributed by atoms with Crippen molar-refractivity contribution in [3.63, 3.8) is 0 Å². The van der Waals surface area contributed by atoms with E-state index >= 15 is 0 Å². The Bertz CT molecular complexity index is 574. The zero-order valence-electron chi connectivity index (χ0n) is 13.5. The summed E-state index contributed by atoms with van der Waals surface area (Å²) in [6.07, 6.45) is 4.65. The van der Waals surface area contributed by atoms with Crippen LogP contribution < -0.4 is 5.32 Å². The van der Waals surface area contributed by atoms with Crippen LogP contribution in [0.5, 0.6) is 0 Å². The number of carbonyl (C=O) groups is 1. The van der Waals surface area contributed by atoms with E-state index in [4.69, 9.17) is 0 Å². The Hall–Kier alpha value is -2.09. The van der Waals surface area contributed by atoms with Crippen LogP contribution in [0.4, 0.5) is 0 Å². The monoisotopic (exact) mass is 295 g/mol. The van der Waals surface area contributed by atoms with Gasteiger partial charge in [0.05, 0.1) is 0 Å². The van der Waals surface area contributed by atoms with Crippen LogP contribution in [0, 0.1) is 0 Å². The van der Waals surface area contributed by atoms with Crippen molar-refractivity contribution in [3.8, 4) is 11.1 Å². The van der Waals surface area contributed by atoms with Crippen LogP contribution in [0.2, 0.25) is 0 Å². The van der Waals surface area contributed by atoms with Crippen molar-refractivity contribution < 1.29 is 4.79 Å². The van der Waals surface area contributed by atoms with Crippen molar-refractivity contribution in [3.05, 3.63) is 60.2 Å². The molecule has 0 fully saturated rings. The van der Waals surface area contributed by atoms with Crippen LogP contribution >= 0.6 is 0 Å². The third-order valence-corrected chi connectivity index (χ3v) is 3.87. The number of benzene rings is 2. The Labute approximate surface area is 133 Å². The van der Waals surface area contributed by atoms with E-state index in [1.54, 1.807) is 0 Å². The van der Waals surface area contributed by atoms with Crippen molar-refractivity contribution in [2.75, 3.05) is 0 Å². The van der Waals surface area contributed by atoms with Crippen LogP contribution in [0.1, 0.15) is 49.9 Å². The van der Waals surface area contributed by atoms with Crippen molar-refractivity contribution >= 4 is 5.91 Å². The molecular weight excluding hydrogens is 270 g/mol. The van der Waals surface area contributed by atoms with Crippen molar-refractivity contribution in [1.29, 1.82) is 0 Å². The van der Waals surface area contributed by atoms with Crippen LogP contribution in [-0.4, -0.2) is 11.9 Å². The van der Waals surface area contributed by atoms with Gasteiger partial charge in [0.25, 0.3) is 5.91 Å². The summed E-state index contributed by atoms with van der Waals surface area (Å²) < 4.78 is 0. The van der Waals surface area contributed by atoms with Gasteiger partial charge in [-0.15, -0.1) is 0 Å². The van der Waals surface area contributed by atoms with Crippen molar-refractivity contribution in [1.82, 2.24) is 5.32 Å². The zero-order valence-corrected chi connectivity index (χ0v) is 13.5. The molecule has 0 aliphatic heterocycles. The lowest BCUT2D eigenvalue weighted by molar-refractivity contribution is 0.0938. The first-order chi connectivity index (χ1) is 10.7. The van der Waals surface area contributed by atoms with Crippen LogP contribution in [0.25, 0.3) is 11.1 Å². The Kier molecular flexibility index (Phi) is 6.20. The van der Waals surface area contributed by atoms with E-state index in [2.05, 4.69) is 31.3 Å². The molecule has 2 nitrogen and oxygen atoms in total. The molecule has 0 saturated carbocycles. The molecule has 116 valence electrons. The largest absolute Gasteiger partial charge is 0.350 e. The van der Waals surface area contributed by atoms with E-state index in [9.17, 15) is 4.79 Å². The van der Waals surface area contributed by atoms with E-state index < -0.39 is 0 Å². The highest BCUT2D eigenvalue weighted by atomic mass is 16.1. The number of hydrogen-bond acceptors (Lipinski definition) is 1. The summed E-state index contributed by atoms with van der Waals surface area (Å²) in [6.45, 7) is 4.27. The Balaban J connectivity index is 1.94. The normalized spacial score (nSPS) is 11.9. The second-order valence-corrected chi connectivity index (χ2v) is 5.81. The minimum absolute atomic E-state index is 0.0172. The number of unbranched alkanes of at least 4 members (excludes halogenated alkanes) is 2. The second-order valence-electron chi connectivity index (χ2n) is 5.81. The number of amides is 1. The third kappa shape index (κ3) is 4.73. The van der Waals surface area contributed by atoms with Crippen LogP contribution in [0.3, 0.4) is 0 Å². The summed E-state index contributed by atoms with van der Waals surface area (Å²) in [6, 6.07) is 18.2. The molecule has 0 unspecified atom stereocenters. The number of hydrogen-bond donors (Lipinski definition) is 1. The molecule has 2 heteroatoms. The summed E-state index contributed by atoms with van der Waals surface area (Å²) in [5.41, 5.74) is 3.03. The molecule has 0 spiro atoms. The molecular formula is C20H25NO. The highest BCUT2D eigenvalue weighted by Gasteiger charge is 2.09. The molecule has 0 heterocycles. The Morgan fingerprint density at radius 3 is 2.23 bits per heavy atom. The molecule has 1 atom stereocenters. The fraction of sp³-hybridized carbons (Fsp3) is 0.350. The second kappa shape index (κ2) is 8.38. The number of nitrogens with one attached hydrogen (secondary N) is 1. The molecule has 1 N–H and O–H groups in total. The standard InChI is InChI=1S/C20H25NO/c1-3-4-6-9-16(2)21-20(22)19-14-12-18(13-15-19)17-10-7-5-8-11-17/h5,7-8,10-16H,3-4,6,9H2,1-2H3,(H,21,22)/t16-/m0/s1. The van der Waals surface area contributed by atoms with Gasteiger partial charge in [0.15, 0.2) is 0 Å². The van der Waals surface area contributed by atoms with E-state index in [1.807, 2.05) is 42.5 Å². The fourth-order valence-corrected chi connectivity index (χ4v) is 2.52. The average Bonchev–Trinajstić information content (AvgIpc) is 2.56. The van der Waals surface area contributed by atoms with Crippen LogP contribution in [0.15, 0.2) is 54.6 Å².